The molecule has 1 unspecified atom stereocenters. The third kappa shape index (κ3) is 2.12. The van der Waals surface area contributed by atoms with E-state index in [1.807, 2.05) is 24.3 Å². The second-order valence-corrected chi connectivity index (χ2v) is 3.54. The number of para-hydroxylation sites is 1. The van der Waals surface area contributed by atoms with E-state index in [1.54, 1.807) is 0 Å². The second kappa shape index (κ2) is 4.34. The molecule has 4 heteroatoms. The van der Waals surface area contributed by atoms with Crippen molar-refractivity contribution in [3.8, 4) is 5.75 Å². The van der Waals surface area contributed by atoms with Crippen molar-refractivity contribution >= 4 is 23.3 Å². The quantitative estimate of drug-likeness (QED) is 0.534. The fraction of sp³-hybridized carbons (Fsp3) is 0.273. The number of rotatable bonds is 1. The fourth-order valence-electron chi connectivity index (χ4n) is 1.62. The van der Waals surface area contributed by atoms with Crippen LogP contribution in [0.4, 0.5) is 0 Å². The molecule has 15 heavy (non-hydrogen) atoms. The van der Waals surface area contributed by atoms with Gasteiger partial charge in [0.2, 0.25) is 0 Å². The topological polar surface area (TPSA) is 38.7 Å². The van der Waals surface area contributed by atoms with Crippen LogP contribution in [-0.2, 0) is 11.2 Å². The lowest BCUT2D eigenvalue weighted by atomic mass is 9.96. The highest BCUT2D eigenvalue weighted by atomic mass is 32.1. The zero-order valence-electron chi connectivity index (χ0n) is 7.97. The van der Waals surface area contributed by atoms with Crippen LogP contribution in [0.2, 0.25) is 0 Å². The van der Waals surface area contributed by atoms with Gasteiger partial charge in [0.1, 0.15) is 12.4 Å². The van der Waals surface area contributed by atoms with Crippen molar-refractivity contribution in [2.75, 3.05) is 6.61 Å². The molecule has 1 aromatic rings. The minimum absolute atomic E-state index is 0.227. The van der Waals surface area contributed by atoms with Crippen LogP contribution in [0, 0.1) is 5.92 Å². The minimum Gasteiger partial charge on any atom is -0.492 e. The molecule has 0 fully saturated rings. The Hall–Kier alpha value is -1.51. The van der Waals surface area contributed by atoms with Gasteiger partial charge in [-0.3, -0.25) is 4.79 Å². The molecule has 1 atom stereocenters. The number of nitrogens with zero attached hydrogens (tertiary/aromatic N) is 1. The molecular formula is C11H9NO2S. The Morgan fingerprint density at radius 1 is 1.53 bits per heavy atom. The number of fused-ring (bicyclic) bond motifs is 1. The van der Waals surface area contributed by atoms with E-state index in [1.165, 1.54) is 0 Å². The molecule has 0 saturated carbocycles. The molecule has 76 valence electrons. The van der Waals surface area contributed by atoms with Gasteiger partial charge in [-0.2, -0.15) is 4.99 Å². The fourth-order valence-corrected chi connectivity index (χ4v) is 1.71. The third-order valence-corrected chi connectivity index (χ3v) is 2.48. The number of aliphatic imine (C=N–C) groups is 1. The molecule has 0 aromatic heterocycles. The van der Waals surface area contributed by atoms with E-state index in [9.17, 15) is 4.79 Å². The van der Waals surface area contributed by atoms with E-state index in [0.29, 0.717) is 13.0 Å². The maximum absolute atomic E-state index is 11.4. The van der Waals surface area contributed by atoms with Crippen molar-refractivity contribution in [2.45, 2.75) is 6.42 Å². The van der Waals surface area contributed by atoms with E-state index >= 15 is 0 Å². The molecule has 1 amide bonds. The Bertz CT molecular complexity index is 438. The smallest absolute Gasteiger partial charge is 0.261 e. The largest absolute Gasteiger partial charge is 0.492 e. The van der Waals surface area contributed by atoms with Crippen LogP contribution in [0.3, 0.4) is 0 Å². The van der Waals surface area contributed by atoms with Crippen LogP contribution < -0.4 is 4.74 Å². The SMILES string of the molecule is O=C(N=C=S)C1COc2ccccc2C1. The van der Waals surface area contributed by atoms with Gasteiger partial charge in [0.05, 0.1) is 11.1 Å². The summed E-state index contributed by atoms with van der Waals surface area (Å²) >= 11 is 4.40. The van der Waals surface area contributed by atoms with Crippen LogP contribution in [-0.4, -0.2) is 17.7 Å². The number of thiocarbonyl (C=S) groups is 1. The number of benzene rings is 1. The van der Waals surface area contributed by atoms with E-state index in [-0.39, 0.29) is 11.8 Å². The Kier molecular flexibility index (Phi) is 2.90. The summed E-state index contributed by atoms with van der Waals surface area (Å²) < 4.78 is 5.46. The Balaban J connectivity index is 2.18. The monoisotopic (exact) mass is 219 g/mol. The number of carbonyl (C=O) groups is 1. The lowest BCUT2D eigenvalue weighted by molar-refractivity contribution is -0.122. The van der Waals surface area contributed by atoms with Gasteiger partial charge in [-0.15, -0.1) is 0 Å². The molecule has 1 aromatic carbocycles. The highest BCUT2D eigenvalue weighted by molar-refractivity contribution is 7.78. The molecule has 1 heterocycles. The molecule has 1 aliphatic rings. The summed E-state index contributed by atoms with van der Waals surface area (Å²) in [4.78, 5) is 14.9. The number of carbonyl (C=O) groups excluding carboxylic acids is 1. The predicted octanol–water partition coefficient (Wildman–Crippen LogP) is 1.87. The Morgan fingerprint density at radius 2 is 2.33 bits per heavy atom. The van der Waals surface area contributed by atoms with Crippen molar-refractivity contribution in [1.82, 2.24) is 0 Å². The molecule has 0 saturated heterocycles. The number of hydrogen-bond acceptors (Lipinski definition) is 3. The average molecular weight is 219 g/mol. The molecule has 1 aliphatic heterocycles. The molecule has 0 aliphatic carbocycles. The molecule has 0 spiro atoms. The highest BCUT2D eigenvalue weighted by Gasteiger charge is 2.25. The lowest BCUT2D eigenvalue weighted by Crippen LogP contribution is -2.26. The van der Waals surface area contributed by atoms with Gasteiger partial charge in [0.15, 0.2) is 0 Å². The zero-order chi connectivity index (χ0) is 10.7. The summed E-state index contributed by atoms with van der Waals surface area (Å²) in [7, 11) is 0. The number of ether oxygens (including phenoxy) is 1. The normalized spacial score (nSPS) is 18.3. The molecule has 0 bridgehead atoms. The van der Waals surface area contributed by atoms with Gasteiger partial charge in [0.25, 0.3) is 5.91 Å². The maximum atomic E-state index is 11.4. The number of hydrogen-bond donors (Lipinski definition) is 0. The van der Waals surface area contributed by atoms with Crippen LogP contribution in [0.15, 0.2) is 29.3 Å². The van der Waals surface area contributed by atoms with Crippen LogP contribution in [0.1, 0.15) is 5.56 Å². The maximum Gasteiger partial charge on any atom is 0.261 e. The first-order valence-corrected chi connectivity index (χ1v) is 5.04. The third-order valence-electron chi connectivity index (χ3n) is 2.38. The standard InChI is InChI=1S/C11H9NO2S/c13-11(12-7-15)9-5-8-3-1-2-4-10(8)14-6-9/h1-4,9H,5-6H2. The van der Waals surface area contributed by atoms with Crippen molar-refractivity contribution in [2.24, 2.45) is 10.9 Å². The van der Waals surface area contributed by atoms with Gasteiger partial charge in [-0.05, 0) is 30.3 Å². The summed E-state index contributed by atoms with van der Waals surface area (Å²) in [5.41, 5.74) is 1.04. The predicted molar refractivity (Wildman–Crippen MR) is 59.2 cm³/mol. The van der Waals surface area contributed by atoms with Crippen LogP contribution >= 0.6 is 12.2 Å². The lowest BCUT2D eigenvalue weighted by Gasteiger charge is -2.22. The average Bonchev–Trinajstić information content (AvgIpc) is 2.29. The zero-order valence-corrected chi connectivity index (χ0v) is 8.79. The van der Waals surface area contributed by atoms with Gasteiger partial charge in [0, 0.05) is 0 Å². The minimum atomic E-state index is -0.250. The van der Waals surface area contributed by atoms with E-state index in [0.717, 1.165) is 11.3 Å². The summed E-state index contributed by atoms with van der Waals surface area (Å²) in [6.45, 7) is 0.371. The molecule has 2 rings (SSSR count). The molecule has 0 radical (unpaired) electrons. The van der Waals surface area contributed by atoms with Gasteiger partial charge in [-0.1, -0.05) is 18.2 Å². The Morgan fingerprint density at radius 3 is 3.13 bits per heavy atom. The summed E-state index contributed by atoms with van der Waals surface area (Å²) in [5.74, 6) is 0.378. The first-order valence-electron chi connectivity index (χ1n) is 4.63. The molecule has 3 nitrogen and oxygen atoms in total. The summed E-state index contributed by atoms with van der Waals surface area (Å²) in [6.07, 6.45) is 0.662. The van der Waals surface area contributed by atoms with Crippen LogP contribution in [0.25, 0.3) is 0 Å². The van der Waals surface area contributed by atoms with Crippen LogP contribution in [0.5, 0.6) is 5.75 Å². The summed E-state index contributed by atoms with van der Waals surface area (Å²) in [6, 6.07) is 7.70. The van der Waals surface area contributed by atoms with Gasteiger partial charge >= 0.3 is 0 Å². The molecule has 0 N–H and O–H groups in total. The first kappa shape index (κ1) is 10.0. The number of amides is 1. The van der Waals surface area contributed by atoms with Gasteiger partial charge in [-0.25, -0.2) is 0 Å². The van der Waals surface area contributed by atoms with E-state index < -0.39 is 0 Å². The summed E-state index contributed by atoms with van der Waals surface area (Å²) in [5, 5.41) is 2.09. The van der Waals surface area contributed by atoms with Crippen molar-refractivity contribution in [3.05, 3.63) is 29.8 Å². The van der Waals surface area contributed by atoms with Crippen molar-refractivity contribution < 1.29 is 9.53 Å². The second-order valence-electron chi connectivity index (χ2n) is 3.36. The highest BCUT2D eigenvalue weighted by Crippen LogP contribution is 2.27. The van der Waals surface area contributed by atoms with E-state index in [4.69, 9.17) is 4.74 Å². The van der Waals surface area contributed by atoms with Crippen molar-refractivity contribution in [1.29, 1.82) is 0 Å². The molecular weight excluding hydrogens is 210 g/mol. The van der Waals surface area contributed by atoms with Crippen molar-refractivity contribution in [3.63, 3.8) is 0 Å². The Labute approximate surface area is 92.8 Å². The first-order chi connectivity index (χ1) is 7.31. The van der Waals surface area contributed by atoms with E-state index in [2.05, 4.69) is 22.4 Å². The van der Waals surface area contributed by atoms with Gasteiger partial charge < -0.3 is 4.74 Å². The number of isothiocyanates is 1.